The molecule has 1 aromatic rings. The number of carbonyl (C=O) groups excluding carboxylic acids is 1. The van der Waals surface area contributed by atoms with E-state index in [4.69, 9.17) is 0 Å². The summed E-state index contributed by atoms with van der Waals surface area (Å²) >= 11 is 0. The van der Waals surface area contributed by atoms with Gasteiger partial charge >= 0.3 is 0 Å². The predicted octanol–water partition coefficient (Wildman–Crippen LogP) is 3.42. The van der Waals surface area contributed by atoms with E-state index in [1.54, 1.807) is 0 Å². The molecular formula is C16H21NO. The maximum atomic E-state index is 12.1. The lowest BCUT2D eigenvalue weighted by atomic mass is 9.94. The lowest BCUT2D eigenvalue weighted by Gasteiger charge is -2.31. The first kappa shape index (κ1) is 12.9. The van der Waals surface area contributed by atoms with Crippen LogP contribution in [0.5, 0.6) is 0 Å². The molecule has 96 valence electrons. The van der Waals surface area contributed by atoms with Gasteiger partial charge in [0.2, 0.25) is 5.91 Å². The Hall–Kier alpha value is -1.57. The van der Waals surface area contributed by atoms with Crippen LogP contribution in [0.4, 0.5) is 0 Å². The Morgan fingerprint density at radius 3 is 2.50 bits per heavy atom. The molecule has 1 saturated heterocycles. The van der Waals surface area contributed by atoms with Crippen LogP contribution in [0, 0.1) is 11.8 Å². The average Bonchev–Trinajstić information content (AvgIpc) is 2.72. The van der Waals surface area contributed by atoms with Crippen LogP contribution in [-0.4, -0.2) is 17.4 Å². The van der Waals surface area contributed by atoms with Crippen molar-refractivity contribution < 1.29 is 4.79 Å². The zero-order chi connectivity index (χ0) is 13.1. The Labute approximate surface area is 109 Å². The molecule has 0 saturated carbocycles. The fraction of sp³-hybridized carbons (Fsp3) is 0.438. The van der Waals surface area contributed by atoms with Crippen LogP contribution < -0.4 is 0 Å². The minimum atomic E-state index is 0.184. The number of carbonyl (C=O) groups is 1. The normalized spacial score (nSPS) is 21.4. The predicted molar refractivity (Wildman–Crippen MR) is 74.0 cm³/mol. The molecule has 0 radical (unpaired) electrons. The minimum absolute atomic E-state index is 0.184. The van der Waals surface area contributed by atoms with Gasteiger partial charge in [-0.25, -0.2) is 0 Å². The fourth-order valence-corrected chi connectivity index (χ4v) is 2.76. The number of nitrogens with zero attached hydrogens (tertiary/aromatic N) is 1. The van der Waals surface area contributed by atoms with Gasteiger partial charge in [0.1, 0.15) is 0 Å². The van der Waals surface area contributed by atoms with Gasteiger partial charge in [-0.15, -0.1) is 6.58 Å². The smallest absolute Gasteiger partial charge is 0.223 e. The van der Waals surface area contributed by atoms with Gasteiger partial charge in [-0.1, -0.05) is 50.3 Å². The van der Waals surface area contributed by atoms with Crippen LogP contribution in [0.2, 0.25) is 0 Å². The van der Waals surface area contributed by atoms with E-state index >= 15 is 0 Å². The van der Waals surface area contributed by atoms with E-state index in [9.17, 15) is 4.79 Å². The second-order valence-corrected chi connectivity index (χ2v) is 5.35. The van der Waals surface area contributed by atoms with Crippen LogP contribution in [0.15, 0.2) is 43.0 Å². The van der Waals surface area contributed by atoms with Crippen molar-refractivity contribution >= 4 is 5.91 Å². The first-order chi connectivity index (χ1) is 8.63. The van der Waals surface area contributed by atoms with E-state index in [2.05, 4.69) is 32.6 Å². The van der Waals surface area contributed by atoms with Crippen LogP contribution in [0.25, 0.3) is 0 Å². The summed E-state index contributed by atoms with van der Waals surface area (Å²) in [7, 11) is 0. The Kier molecular flexibility index (Phi) is 3.85. The summed E-state index contributed by atoms with van der Waals surface area (Å²) in [6.45, 7) is 8.96. The largest absolute Gasteiger partial charge is 0.335 e. The topological polar surface area (TPSA) is 20.3 Å². The number of amides is 1. The molecule has 2 atom stereocenters. The Morgan fingerprint density at radius 2 is 2.00 bits per heavy atom. The summed E-state index contributed by atoms with van der Waals surface area (Å²) in [5.41, 5.74) is 1.23. The maximum absolute atomic E-state index is 12.1. The van der Waals surface area contributed by atoms with Crippen LogP contribution in [0.1, 0.15) is 31.9 Å². The van der Waals surface area contributed by atoms with Crippen molar-refractivity contribution in [3.05, 3.63) is 48.6 Å². The summed E-state index contributed by atoms with van der Waals surface area (Å²) < 4.78 is 0. The highest BCUT2D eigenvalue weighted by atomic mass is 16.2. The van der Waals surface area contributed by atoms with E-state index < -0.39 is 0 Å². The van der Waals surface area contributed by atoms with E-state index in [-0.39, 0.29) is 11.9 Å². The number of hydrogen-bond acceptors (Lipinski definition) is 1. The van der Waals surface area contributed by atoms with Crippen molar-refractivity contribution in [1.82, 2.24) is 4.90 Å². The minimum Gasteiger partial charge on any atom is -0.335 e. The molecule has 1 amide bonds. The fourth-order valence-electron chi connectivity index (χ4n) is 2.76. The standard InChI is InChI=1S/C16H21NO/c1-4-13-10-15(18)17(11-13)16(12(2)3)14-8-6-5-7-9-14/h4-9,12-13,16H,1,10-11H2,2-3H3. The molecule has 1 heterocycles. The van der Waals surface area contributed by atoms with Crippen molar-refractivity contribution in [2.75, 3.05) is 6.54 Å². The Morgan fingerprint density at radius 1 is 1.33 bits per heavy atom. The monoisotopic (exact) mass is 243 g/mol. The van der Waals surface area contributed by atoms with Gasteiger partial charge < -0.3 is 4.90 Å². The highest BCUT2D eigenvalue weighted by Gasteiger charge is 2.34. The third-order valence-corrected chi connectivity index (χ3v) is 3.63. The molecule has 0 aliphatic carbocycles. The number of benzene rings is 1. The molecule has 2 rings (SSSR count). The van der Waals surface area contributed by atoms with Gasteiger partial charge in [0, 0.05) is 18.9 Å². The van der Waals surface area contributed by atoms with E-state index in [1.165, 1.54) is 5.56 Å². The van der Waals surface area contributed by atoms with Gasteiger partial charge in [0.05, 0.1) is 6.04 Å². The van der Waals surface area contributed by atoms with Crippen molar-refractivity contribution in [3.8, 4) is 0 Å². The SMILES string of the molecule is C=CC1CC(=O)N(C(c2ccccc2)C(C)C)C1. The highest BCUT2D eigenvalue weighted by Crippen LogP contribution is 2.34. The third-order valence-electron chi connectivity index (χ3n) is 3.63. The molecule has 0 aromatic heterocycles. The summed E-state index contributed by atoms with van der Waals surface area (Å²) in [6, 6.07) is 10.5. The summed E-state index contributed by atoms with van der Waals surface area (Å²) in [5.74, 6) is 0.977. The van der Waals surface area contributed by atoms with Gasteiger partial charge in [0.15, 0.2) is 0 Å². The van der Waals surface area contributed by atoms with Crippen molar-refractivity contribution in [2.45, 2.75) is 26.3 Å². The molecule has 0 bridgehead atoms. The van der Waals surface area contributed by atoms with E-state index in [1.807, 2.05) is 29.2 Å². The Bertz CT molecular complexity index is 424. The number of hydrogen-bond donors (Lipinski definition) is 0. The van der Waals surface area contributed by atoms with Crippen LogP contribution >= 0.6 is 0 Å². The number of rotatable bonds is 4. The molecule has 1 aromatic carbocycles. The molecule has 0 N–H and O–H groups in total. The van der Waals surface area contributed by atoms with Gasteiger partial charge in [-0.3, -0.25) is 4.79 Å². The second kappa shape index (κ2) is 5.38. The Balaban J connectivity index is 2.27. The second-order valence-electron chi connectivity index (χ2n) is 5.35. The lowest BCUT2D eigenvalue weighted by Crippen LogP contribution is -2.33. The molecule has 1 aliphatic rings. The first-order valence-electron chi connectivity index (χ1n) is 6.60. The van der Waals surface area contributed by atoms with Crippen LogP contribution in [0.3, 0.4) is 0 Å². The van der Waals surface area contributed by atoms with Crippen LogP contribution in [-0.2, 0) is 4.79 Å². The molecular weight excluding hydrogens is 222 g/mol. The summed E-state index contributed by atoms with van der Waals surface area (Å²) in [5, 5.41) is 0. The summed E-state index contributed by atoms with van der Waals surface area (Å²) in [6.07, 6.45) is 2.51. The first-order valence-corrected chi connectivity index (χ1v) is 6.60. The van der Waals surface area contributed by atoms with E-state index in [0.29, 0.717) is 18.3 Å². The molecule has 1 fully saturated rings. The van der Waals surface area contributed by atoms with Crippen molar-refractivity contribution in [2.24, 2.45) is 11.8 Å². The molecule has 2 unspecified atom stereocenters. The third kappa shape index (κ3) is 2.47. The average molecular weight is 243 g/mol. The lowest BCUT2D eigenvalue weighted by molar-refractivity contribution is -0.130. The molecule has 1 aliphatic heterocycles. The quantitative estimate of drug-likeness (QED) is 0.742. The summed E-state index contributed by atoms with van der Waals surface area (Å²) in [4.78, 5) is 14.2. The highest BCUT2D eigenvalue weighted by molar-refractivity contribution is 5.79. The zero-order valence-corrected chi connectivity index (χ0v) is 11.2. The van der Waals surface area contributed by atoms with Gasteiger partial charge in [-0.05, 0) is 11.5 Å². The van der Waals surface area contributed by atoms with E-state index in [0.717, 1.165) is 6.54 Å². The molecule has 2 nitrogen and oxygen atoms in total. The molecule has 2 heteroatoms. The molecule has 18 heavy (non-hydrogen) atoms. The zero-order valence-electron chi connectivity index (χ0n) is 11.2. The van der Waals surface area contributed by atoms with Gasteiger partial charge in [-0.2, -0.15) is 0 Å². The number of likely N-dealkylation sites (tertiary alicyclic amines) is 1. The van der Waals surface area contributed by atoms with Crippen molar-refractivity contribution in [1.29, 1.82) is 0 Å². The van der Waals surface area contributed by atoms with Crippen molar-refractivity contribution in [3.63, 3.8) is 0 Å². The van der Waals surface area contributed by atoms with Gasteiger partial charge in [0.25, 0.3) is 0 Å². The molecule has 0 spiro atoms. The maximum Gasteiger partial charge on any atom is 0.223 e.